The van der Waals surface area contributed by atoms with Crippen molar-refractivity contribution in [2.45, 2.75) is 52.6 Å². The average molecular weight is 278 g/mol. The summed E-state index contributed by atoms with van der Waals surface area (Å²) in [5.41, 5.74) is 0.313. The van der Waals surface area contributed by atoms with E-state index in [-0.39, 0.29) is 0 Å². The number of imidazole rings is 1. The van der Waals surface area contributed by atoms with Crippen LogP contribution in [0.15, 0.2) is 12.4 Å². The van der Waals surface area contributed by atoms with Crippen LogP contribution in [0.2, 0.25) is 0 Å². The summed E-state index contributed by atoms with van der Waals surface area (Å²) >= 11 is 0. The van der Waals surface area contributed by atoms with Crippen molar-refractivity contribution in [1.82, 2.24) is 19.8 Å². The molecule has 0 amide bonds. The quantitative estimate of drug-likeness (QED) is 0.915. The first-order valence-corrected chi connectivity index (χ1v) is 7.85. The molecule has 20 heavy (non-hydrogen) atoms. The molecule has 0 bridgehead atoms. The monoisotopic (exact) mass is 278 g/mol. The van der Waals surface area contributed by atoms with Crippen molar-refractivity contribution in [3.63, 3.8) is 0 Å². The number of piperazine rings is 1. The van der Waals surface area contributed by atoms with Gasteiger partial charge in [-0.1, -0.05) is 27.7 Å². The molecule has 1 fully saturated rings. The fourth-order valence-corrected chi connectivity index (χ4v) is 3.14. The molecule has 1 aliphatic rings. The zero-order chi connectivity index (χ0) is 14.8. The summed E-state index contributed by atoms with van der Waals surface area (Å²) in [4.78, 5) is 7.11. The molecule has 1 N–H and O–H groups in total. The number of hydrogen-bond acceptors (Lipinski definition) is 3. The lowest BCUT2D eigenvalue weighted by molar-refractivity contribution is 0.0553. The van der Waals surface area contributed by atoms with Gasteiger partial charge in [-0.3, -0.25) is 4.90 Å². The van der Waals surface area contributed by atoms with Crippen molar-refractivity contribution in [3.05, 3.63) is 18.2 Å². The van der Waals surface area contributed by atoms with E-state index in [9.17, 15) is 0 Å². The Bertz CT molecular complexity index is 418. The Morgan fingerprint density at radius 1 is 1.40 bits per heavy atom. The van der Waals surface area contributed by atoms with Gasteiger partial charge in [-0.25, -0.2) is 4.98 Å². The number of hydrogen-bond donors (Lipinski definition) is 1. The van der Waals surface area contributed by atoms with E-state index in [1.807, 2.05) is 12.4 Å². The molecular weight excluding hydrogens is 248 g/mol. The van der Waals surface area contributed by atoms with Gasteiger partial charge in [0.25, 0.3) is 0 Å². The van der Waals surface area contributed by atoms with Crippen molar-refractivity contribution in [1.29, 1.82) is 0 Å². The first kappa shape index (κ1) is 15.5. The maximum Gasteiger partial charge on any atom is 0.109 e. The van der Waals surface area contributed by atoms with Crippen LogP contribution in [0.1, 0.15) is 39.9 Å². The van der Waals surface area contributed by atoms with Crippen molar-refractivity contribution in [2.24, 2.45) is 12.5 Å². The first-order chi connectivity index (χ1) is 9.41. The number of aromatic nitrogens is 2. The molecule has 4 nitrogen and oxygen atoms in total. The molecule has 114 valence electrons. The van der Waals surface area contributed by atoms with Gasteiger partial charge in [0.15, 0.2) is 0 Å². The Morgan fingerprint density at radius 2 is 2.15 bits per heavy atom. The zero-order valence-electron chi connectivity index (χ0n) is 13.7. The molecule has 1 saturated heterocycles. The van der Waals surface area contributed by atoms with Crippen LogP contribution in [0, 0.1) is 5.41 Å². The molecule has 0 aromatic carbocycles. The van der Waals surface area contributed by atoms with E-state index < -0.39 is 0 Å². The molecule has 0 aliphatic carbocycles. The van der Waals surface area contributed by atoms with Crippen LogP contribution < -0.4 is 5.32 Å². The fourth-order valence-electron chi connectivity index (χ4n) is 3.14. The van der Waals surface area contributed by atoms with Gasteiger partial charge in [0, 0.05) is 57.6 Å². The molecule has 1 aromatic rings. The molecule has 1 aliphatic heterocycles. The van der Waals surface area contributed by atoms with E-state index in [4.69, 9.17) is 0 Å². The second kappa shape index (κ2) is 6.27. The fraction of sp³-hybridized carbons (Fsp3) is 0.812. The Morgan fingerprint density at radius 3 is 2.70 bits per heavy atom. The third kappa shape index (κ3) is 3.61. The van der Waals surface area contributed by atoms with Crippen LogP contribution in [0.5, 0.6) is 0 Å². The largest absolute Gasteiger partial charge is 0.338 e. The Labute approximate surface area is 123 Å². The van der Waals surface area contributed by atoms with Crippen LogP contribution in [0.25, 0.3) is 0 Å². The van der Waals surface area contributed by atoms with Crippen molar-refractivity contribution in [2.75, 3.05) is 19.6 Å². The van der Waals surface area contributed by atoms with E-state index in [1.165, 1.54) is 12.2 Å². The Hall–Kier alpha value is -0.870. The second-order valence-corrected chi connectivity index (χ2v) is 7.09. The standard InChI is InChI=1S/C16H30N4/c1-6-13-12-20(14(11-18-13)16(2,3)4)9-7-15-17-8-10-19(15)5/h8,10,13-14,18H,6-7,9,11-12H2,1-5H3. The van der Waals surface area contributed by atoms with Gasteiger partial charge in [-0.2, -0.15) is 0 Å². The first-order valence-electron chi connectivity index (χ1n) is 7.85. The minimum absolute atomic E-state index is 0.313. The lowest BCUT2D eigenvalue weighted by Gasteiger charge is -2.46. The van der Waals surface area contributed by atoms with Gasteiger partial charge in [0.05, 0.1) is 0 Å². The molecule has 0 spiro atoms. The molecular formula is C16H30N4. The highest BCUT2D eigenvalue weighted by molar-refractivity contribution is 4.96. The molecule has 1 aromatic heterocycles. The SMILES string of the molecule is CCC1CN(CCc2nccn2C)C(C(C)(C)C)CN1. The summed E-state index contributed by atoms with van der Waals surface area (Å²) < 4.78 is 2.13. The number of aryl methyl sites for hydroxylation is 1. The van der Waals surface area contributed by atoms with Crippen LogP contribution in [0.3, 0.4) is 0 Å². The van der Waals surface area contributed by atoms with Crippen LogP contribution >= 0.6 is 0 Å². The van der Waals surface area contributed by atoms with Crippen molar-refractivity contribution in [3.8, 4) is 0 Å². The lowest BCUT2D eigenvalue weighted by atomic mass is 9.83. The predicted octanol–water partition coefficient (Wildman–Crippen LogP) is 2.06. The van der Waals surface area contributed by atoms with Crippen LogP contribution in [-0.4, -0.2) is 46.2 Å². The predicted molar refractivity (Wildman–Crippen MR) is 83.8 cm³/mol. The molecule has 2 atom stereocenters. The number of nitrogens with zero attached hydrogens (tertiary/aromatic N) is 3. The minimum atomic E-state index is 0.313. The van der Waals surface area contributed by atoms with E-state index in [0.717, 1.165) is 26.1 Å². The van der Waals surface area contributed by atoms with Gasteiger partial charge in [-0.15, -0.1) is 0 Å². The van der Waals surface area contributed by atoms with E-state index in [1.54, 1.807) is 0 Å². The summed E-state index contributed by atoms with van der Waals surface area (Å²) in [6.07, 6.45) is 6.16. The summed E-state index contributed by atoms with van der Waals surface area (Å²) in [5, 5.41) is 3.70. The highest BCUT2D eigenvalue weighted by Gasteiger charge is 2.34. The third-order valence-electron chi connectivity index (χ3n) is 4.53. The highest BCUT2D eigenvalue weighted by atomic mass is 15.2. The number of rotatable bonds is 4. The van der Waals surface area contributed by atoms with Gasteiger partial charge in [-0.05, 0) is 11.8 Å². The summed E-state index contributed by atoms with van der Waals surface area (Å²) in [6.45, 7) is 12.7. The maximum absolute atomic E-state index is 4.45. The number of nitrogens with one attached hydrogen (secondary N) is 1. The highest BCUT2D eigenvalue weighted by Crippen LogP contribution is 2.27. The zero-order valence-corrected chi connectivity index (χ0v) is 13.7. The molecule has 0 radical (unpaired) electrons. The maximum atomic E-state index is 4.45. The third-order valence-corrected chi connectivity index (χ3v) is 4.53. The van der Waals surface area contributed by atoms with E-state index >= 15 is 0 Å². The topological polar surface area (TPSA) is 33.1 Å². The smallest absolute Gasteiger partial charge is 0.109 e. The van der Waals surface area contributed by atoms with Crippen LogP contribution in [-0.2, 0) is 13.5 Å². The lowest BCUT2D eigenvalue weighted by Crippen LogP contribution is -2.60. The summed E-state index contributed by atoms with van der Waals surface area (Å²) in [6, 6.07) is 1.24. The molecule has 2 rings (SSSR count). The van der Waals surface area contributed by atoms with E-state index in [2.05, 4.69) is 54.5 Å². The normalized spacial score (nSPS) is 25.1. The average Bonchev–Trinajstić information content (AvgIpc) is 2.80. The van der Waals surface area contributed by atoms with Crippen molar-refractivity contribution < 1.29 is 0 Å². The van der Waals surface area contributed by atoms with Gasteiger partial charge in [0.1, 0.15) is 5.82 Å². The summed E-state index contributed by atoms with van der Waals surface area (Å²) in [5.74, 6) is 1.18. The van der Waals surface area contributed by atoms with E-state index in [0.29, 0.717) is 17.5 Å². The molecule has 2 unspecified atom stereocenters. The van der Waals surface area contributed by atoms with Crippen LogP contribution in [0.4, 0.5) is 0 Å². The Kier molecular flexibility index (Phi) is 4.86. The summed E-state index contributed by atoms with van der Waals surface area (Å²) in [7, 11) is 2.08. The Balaban J connectivity index is 2.01. The van der Waals surface area contributed by atoms with Crippen molar-refractivity contribution >= 4 is 0 Å². The second-order valence-electron chi connectivity index (χ2n) is 7.09. The molecule has 2 heterocycles. The van der Waals surface area contributed by atoms with Gasteiger partial charge < -0.3 is 9.88 Å². The minimum Gasteiger partial charge on any atom is -0.338 e. The van der Waals surface area contributed by atoms with Gasteiger partial charge in [0.2, 0.25) is 0 Å². The molecule has 4 heteroatoms. The van der Waals surface area contributed by atoms with Gasteiger partial charge >= 0.3 is 0 Å². The molecule has 0 saturated carbocycles.